The number of benzene rings is 1. The molecule has 1 saturated carbocycles. The summed E-state index contributed by atoms with van der Waals surface area (Å²) in [6, 6.07) is 8.57. The van der Waals surface area contributed by atoms with Crippen molar-refractivity contribution < 1.29 is 18.0 Å². The Balaban J connectivity index is 1.80. The fourth-order valence-electron chi connectivity index (χ4n) is 3.73. The first-order valence-electron chi connectivity index (χ1n) is 9.56. The molecule has 2 N–H and O–H groups in total. The van der Waals surface area contributed by atoms with Crippen LogP contribution in [0.2, 0.25) is 0 Å². The third-order valence-electron chi connectivity index (χ3n) is 5.33. The molecule has 0 saturated heterocycles. The van der Waals surface area contributed by atoms with Gasteiger partial charge in [-0.05, 0) is 56.0 Å². The molecule has 0 unspecified atom stereocenters. The highest BCUT2D eigenvalue weighted by atomic mass is 32.2. The number of carbonyl (C=O) groups is 2. The molecule has 1 heterocycles. The number of amides is 2. The number of nitrogens with zero attached hydrogens (tertiary/aromatic N) is 1. The maximum atomic E-state index is 13.5. The smallest absolute Gasteiger partial charge is 0.243 e. The van der Waals surface area contributed by atoms with Crippen LogP contribution >= 0.6 is 0 Å². The first kappa shape index (κ1) is 21.0. The molecule has 0 bridgehead atoms. The largest absolute Gasteiger partial charge is 0.346 e. The maximum absolute atomic E-state index is 13.5. The molecule has 7 nitrogen and oxygen atoms in total. The van der Waals surface area contributed by atoms with E-state index in [0.717, 1.165) is 5.56 Å². The molecule has 8 heteroatoms. The van der Waals surface area contributed by atoms with E-state index in [9.17, 15) is 18.0 Å². The van der Waals surface area contributed by atoms with Crippen molar-refractivity contribution in [2.45, 2.75) is 49.2 Å². The molecule has 2 amide bonds. The standard InChI is InChI=1S/C21H25N3O4S/c1-15-7-8-16(2)18(12-15)29(27,28)21(9-3-4-10-21)20(26)23-14-19(25)24-17-6-5-11-22-13-17/h5-8,11-13H,3-4,9-10,14H2,1-2H3,(H,23,26)(H,24,25). The lowest BCUT2D eigenvalue weighted by Crippen LogP contribution is -2.52. The summed E-state index contributed by atoms with van der Waals surface area (Å²) in [7, 11) is -3.91. The lowest BCUT2D eigenvalue weighted by atomic mass is 10.1. The number of aryl methyl sites for hydroxylation is 2. The SMILES string of the molecule is Cc1ccc(C)c(S(=O)(=O)C2(C(=O)NCC(=O)Nc3cccnc3)CCCC2)c1. The quantitative estimate of drug-likeness (QED) is 0.754. The predicted octanol–water partition coefficient (Wildman–Crippen LogP) is 2.54. The molecule has 3 rings (SSSR count). The summed E-state index contributed by atoms with van der Waals surface area (Å²) < 4.78 is 25.5. The van der Waals surface area contributed by atoms with Gasteiger partial charge in [0, 0.05) is 6.20 Å². The van der Waals surface area contributed by atoms with Gasteiger partial charge in [0.25, 0.3) is 0 Å². The molecule has 1 aromatic carbocycles. The van der Waals surface area contributed by atoms with Gasteiger partial charge in [-0.1, -0.05) is 25.0 Å². The van der Waals surface area contributed by atoms with Crippen molar-refractivity contribution in [2.75, 3.05) is 11.9 Å². The van der Waals surface area contributed by atoms with Crippen molar-refractivity contribution in [2.24, 2.45) is 0 Å². The van der Waals surface area contributed by atoms with E-state index in [4.69, 9.17) is 0 Å². The van der Waals surface area contributed by atoms with Crippen molar-refractivity contribution >= 4 is 27.3 Å². The van der Waals surface area contributed by atoms with E-state index in [1.807, 2.05) is 13.0 Å². The van der Waals surface area contributed by atoms with Crippen LogP contribution in [0.4, 0.5) is 5.69 Å². The van der Waals surface area contributed by atoms with Gasteiger partial charge in [0.1, 0.15) is 0 Å². The number of anilines is 1. The zero-order valence-electron chi connectivity index (χ0n) is 16.6. The molecule has 0 aliphatic heterocycles. The molecule has 0 atom stereocenters. The first-order chi connectivity index (χ1) is 13.8. The highest BCUT2D eigenvalue weighted by Crippen LogP contribution is 2.41. The lowest BCUT2D eigenvalue weighted by Gasteiger charge is -2.28. The van der Waals surface area contributed by atoms with Gasteiger partial charge in [-0.25, -0.2) is 8.42 Å². The summed E-state index contributed by atoms with van der Waals surface area (Å²) in [5.41, 5.74) is 1.94. The van der Waals surface area contributed by atoms with Gasteiger partial charge in [0.05, 0.1) is 23.3 Å². The number of aromatic nitrogens is 1. The molecule has 1 aliphatic rings. The van der Waals surface area contributed by atoms with E-state index < -0.39 is 26.4 Å². The normalized spacial score (nSPS) is 15.7. The fraction of sp³-hybridized carbons (Fsp3) is 0.381. The minimum Gasteiger partial charge on any atom is -0.346 e. The summed E-state index contributed by atoms with van der Waals surface area (Å²) in [4.78, 5) is 29.3. The average Bonchev–Trinajstić information content (AvgIpc) is 3.20. The zero-order chi connectivity index (χ0) is 21.1. The van der Waals surface area contributed by atoms with Crippen LogP contribution in [0, 0.1) is 13.8 Å². The van der Waals surface area contributed by atoms with E-state index in [-0.39, 0.29) is 24.3 Å². The van der Waals surface area contributed by atoms with Crippen molar-refractivity contribution in [1.29, 1.82) is 0 Å². The molecule has 1 aromatic heterocycles. The Morgan fingerprint density at radius 2 is 1.86 bits per heavy atom. The van der Waals surface area contributed by atoms with E-state index in [1.54, 1.807) is 37.4 Å². The van der Waals surface area contributed by atoms with Crippen LogP contribution in [-0.2, 0) is 19.4 Å². The minimum atomic E-state index is -3.91. The monoisotopic (exact) mass is 415 g/mol. The molecule has 2 aromatic rings. The Kier molecular flexibility index (Phi) is 6.02. The average molecular weight is 416 g/mol. The second-order valence-electron chi connectivity index (χ2n) is 7.45. The third-order valence-corrected chi connectivity index (χ3v) is 7.97. The first-order valence-corrected chi connectivity index (χ1v) is 11.0. The highest BCUT2D eigenvalue weighted by Gasteiger charge is 2.53. The van der Waals surface area contributed by atoms with E-state index in [1.165, 1.54) is 6.20 Å². The van der Waals surface area contributed by atoms with Gasteiger partial charge >= 0.3 is 0 Å². The lowest BCUT2D eigenvalue weighted by molar-refractivity contribution is -0.126. The Hall–Kier alpha value is -2.74. The fourth-order valence-corrected chi connectivity index (χ4v) is 6.13. The van der Waals surface area contributed by atoms with Gasteiger partial charge in [0.2, 0.25) is 11.8 Å². The zero-order valence-corrected chi connectivity index (χ0v) is 17.4. The molecule has 1 aliphatic carbocycles. The van der Waals surface area contributed by atoms with Gasteiger partial charge in [0.15, 0.2) is 14.6 Å². The second-order valence-corrected chi connectivity index (χ2v) is 9.67. The summed E-state index contributed by atoms with van der Waals surface area (Å²) in [6.07, 6.45) is 4.87. The number of sulfone groups is 1. The van der Waals surface area contributed by atoms with Crippen molar-refractivity contribution in [3.63, 3.8) is 0 Å². The van der Waals surface area contributed by atoms with Gasteiger partial charge in [-0.15, -0.1) is 0 Å². The summed E-state index contributed by atoms with van der Waals surface area (Å²) in [5.74, 6) is -1.05. The van der Waals surface area contributed by atoms with Gasteiger partial charge < -0.3 is 10.6 Å². The summed E-state index contributed by atoms with van der Waals surface area (Å²) in [5, 5.41) is 5.17. The molecular weight excluding hydrogens is 390 g/mol. The number of hydrogen-bond acceptors (Lipinski definition) is 5. The van der Waals surface area contributed by atoms with Crippen LogP contribution in [0.1, 0.15) is 36.8 Å². The molecule has 29 heavy (non-hydrogen) atoms. The molecular formula is C21H25N3O4S. The minimum absolute atomic E-state index is 0.189. The Bertz CT molecular complexity index is 1010. The predicted molar refractivity (Wildman–Crippen MR) is 110 cm³/mol. The third kappa shape index (κ3) is 4.17. The Morgan fingerprint density at radius 1 is 1.14 bits per heavy atom. The van der Waals surface area contributed by atoms with Crippen molar-refractivity contribution in [3.8, 4) is 0 Å². The number of pyridine rings is 1. The van der Waals surface area contributed by atoms with Gasteiger partial charge in [-0.2, -0.15) is 0 Å². The summed E-state index contributed by atoms with van der Waals surface area (Å²) >= 11 is 0. The Morgan fingerprint density at radius 3 is 2.52 bits per heavy atom. The van der Waals surface area contributed by atoms with E-state index in [2.05, 4.69) is 15.6 Å². The van der Waals surface area contributed by atoms with E-state index >= 15 is 0 Å². The van der Waals surface area contributed by atoms with Crippen LogP contribution < -0.4 is 10.6 Å². The molecule has 0 spiro atoms. The molecule has 1 fully saturated rings. The second kappa shape index (κ2) is 8.32. The number of hydrogen-bond donors (Lipinski definition) is 2. The van der Waals surface area contributed by atoms with Crippen LogP contribution in [0.25, 0.3) is 0 Å². The van der Waals surface area contributed by atoms with Crippen LogP contribution in [0.5, 0.6) is 0 Å². The van der Waals surface area contributed by atoms with Crippen LogP contribution in [-0.4, -0.2) is 36.5 Å². The topological polar surface area (TPSA) is 105 Å². The number of rotatable bonds is 6. The molecule has 0 radical (unpaired) electrons. The maximum Gasteiger partial charge on any atom is 0.243 e. The number of carbonyl (C=O) groups excluding carboxylic acids is 2. The number of nitrogens with one attached hydrogen (secondary N) is 2. The van der Waals surface area contributed by atoms with Crippen molar-refractivity contribution in [1.82, 2.24) is 10.3 Å². The van der Waals surface area contributed by atoms with E-state index in [0.29, 0.717) is 24.1 Å². The highest BCUT2D eigenvalue weighted by molar-refractivity contribution is 7.93. The summed E-state index contributed by atoms with van der Waals surface area (Å²) in [6.45, 7) is 3.24. The van der Waals surface area contributed by atoms with Crippen LogP contribution in [0.3, 0.4) is 0 Å². The van der Waals surface area contributed by atoms with Crippen molar-refractivity contribution in [3.05, 3.63) is 53.9 Å². The van der Waals surface area contributed by atoms with Gasteiger partial charge in [-0.3, -0.25) is 14.6 Å². The van der Waals surface area contributed by atoms with Crippen LogP contribution in [0.15, 0.2) is 47.6 Å². The Labute approximate surface area is 170 Å². The molecule has 154 valence electrons.